The molecule has 8 nitrogen and oxygen atoms in total. The summed E-state index contributed by atoms with van der Waals surface area (Å²) < 4.78 is 1.61. The van der Waals surface area contributed by atoms with Crippen molar-refractivity contribution >= 4 is 17.7 Å². The Balaban J connectivity index is 1.66. The quantitative estimate of drug-likeness (QED) is 0.808. The number of nitrogens with zero attached hydrogens (tertiary/aromatic N) is 7. The highest BCUT2D eigenvalue weighted by molar-refractivity contribution is 5.92. The lowest BCUT2D eigenvalue weighted by Gasteiger charge is -2.34. The fraction of sp³-hybridized carbons (Fsp3) is 0.467. The minimum atomic E-state index is 0.0209. The van der Waals surface area contributed by atoms with Crippen molar-refractivity contribution in [3.05, 3.63) is 30.2 Å². The summed E-state index contributed by atoms with van der Waals surface area (Å²) in [6, 6.07) is 3.63. The standard InChI is InChI=1S/C15H21N7O/c1-19(2)13-5-6-16-15(18-13)22-10-8-21(9-11-22)14(23)12-4-7-17-20(12)3/h4-7H,8-11H2,1-3H3. The zero-order chi connectivity index (χ0) is 16.4. The van der Waals surface area contributed by atoms with E-state index in [0.29, 0.717) is 24.7 Å². The topological polar surface area (TPSA) is 70.4 Å². The van der Waals surface area contributed by atoms with Crippen LogP contribution < -0.4 is 9.80 Å². The lowest BCUT2D eigenvalue weighted by molar-refractivity contribution is 0.0735. The molecule has 1 fully saturated rings. The van der Waals surface area contributed by atoms with E-state index in [1.54, 1.807) is 30.2 Å². The predicted molar refractivity (Wildman–Crippen MR) is 87.7 cm³/mol. The largest absolute Gasteiger partial charge is 0.363 e. The number of rotatable bonds is 3. The van der Waals surface area contributed by atoms with Gasteiger partial charge in [0.15, 0.2) is 0 Å². The molecular weight excluding hydrogens is 294 g/mol. The maximum absolute atomic E-state index is 12.5. The monoisotopic (exact) mass is 315 g/mol. The van der Waals surface area contributed by atoms with Crippen LogP contribution >= 0.6 is 0 Å². The summed E-state index contributed by atoms with van der Waals surface area (Å²) in [5.41, 5.74) is 0.615. The third-order valence-electron chi connectivity index (χ3n) is 3.98. The van der Waals surface area contributed by atoms with E-state index in [2.05, 4.69) is 20.0 Å². The molecule has 0 aliphatic carbocycles. The maximum atomic E-state index is 12.5. The van der Waals surface area contributed by atoms with Gasteiger partial charge in [-0.15, -0.1) is 0 Å². The minimum absolute atomic E-state index is 0.0209. The third-order valence-corrected chi connectivity index (χ3v) is 3.98. The Morgan fingerprint density at radius 3 is 2.48 bits per heavy atom. The molecule has 0 saturated carbocycles. The van der Waals surface area contributed by atoms with E-state index < -0.39 is 0 Å². The summed E-state index contributed by atoms with van der Waals surface area (Å²) in [6.45, 7) is 2.75. The maximum Gasteiger partial charge on any atom is 0.272 e. The van der Waals surface area contributed by atoms with Gasteiger partial charge in [0, 0.05) is 59.7 Å². The number of piperazine rings is 1. The zero-order valence-electron chi connectivity index (χ0n) is 13.7. The van der Waals surface area contributed by atoms with Crippen LogP contribution in [0.3, 0.4) is 0 Å². The Morgan fingerprint density at radius 2 is 1.87 bits per heavy atom. The van der Waals surface area contributed by atoms with Crippen LogP contribution in [0, 0.1) is 0 Å². The molecule has 1 aliphatic rings. The zero-order valence-corrected chi connectivity index (χ0v) is 13.7. The summed E-state index contributed by atoms with van der Waals surface area (Å²) in [5.74, 6) is 1.61. The highest BCUT2D eigenvalue weighted by Gasteiger charge is 2.25. The molecule has 0 bridgehead atoms. The van der Waals surface area contributed by atoms with Crippen molar-refractivity contribution < 1.29 is 4.79 Å². The van der Waals surface area contributed by atoms with Crippen LogP contribution in [-0.2, 0) is 7.05 Å². The SMILES string of the molecule is CN(C)c1ccnc(N2CCN(C(=O)c3ccnn3C)CC2)n1. The molecule has 8 heteroatoms. The molecule has 0 atom stereocenters. The van der Waals surface area contributed by atoms with E-state index >= 15 is 0 Å². The number of anilines is 2. The summed E-state index contributed by atoms with van der Waals surface area (Å²) in [5, 5.41) is 4.06. The van der Waals surface area contributed by atoms with E-state index in [1.165, 1.54) is 0 Å². The van der Waals surface area contributed by atoms with Crippen molar-refractivity contribution in [1.82, 2.24) is 24.6 Å². The number of amides is 1. The molecule has 1 amide bonds. The van der Waals surface area contributed by atoms with Crippen molar-refractivity contribution in [2.75, 3.05) is 50.1 Å². The molecule has 1 aliphatic heterocycles. The van der Waals surface area contributed by atoms with Crippen LogP contribution in [0.2, 0.25) is 0 Å². The van der Waals surface area contributed by atoms with Crippen LogP contribution in [0.1, 0.15) is 10.5 Å². The molecule has 3 rings (SSSR count). The number of aryl methyl sites for hydroxylation is 1. The number of carbonyl (C=O) groups is 1. The van der Waals surface area contributed by atoms with Gasteiger partial charge >= 0.3 is 0 Å². The average Bonchev–Trinajstić information content (AvgIpc) is 3.00. The molecule has 0 N–H and O–H groups in total. The molecule has 3 heterocycles. The van der Waals surface area contributed by atoms with Gasteiger partial charge in [0.1, 0.15) is 11.5 Å². The Labute approximate surface area is 135 Å². The van der Waals surface area contributed by atoms with E-state index in [1.807, 2.05) is 30.0 Å². The van der Waals surface area contributed by atoms with Crippen LogP contribution in [0.4, 0.5) is 11.8 Å². The van der Waals surface area contributed by atoms with E-state index in [0.717, 1.165) is 18.9 Å². The summed E-state index contributed by atoms with van der Waals surface area (Å²) in [4.78, 5) is 27.3. The highest BCUT2D eigenvalue weighted by atomic mass is 16.2. The van der Waals surface area contributed by atoms with Crippen LogP contribution in [0.5, 0.6) is 0 Å². The predicted octanol–water partition coefficient (Wildman–Crippen LogP) is 0.239. The first-order chi connectivity index (χ1) is 11.1. The van der Waals surface area contributed by atoms with Crippen molar-refractivity contribution in [3.63, 3.8) is 0 Å². The van der Waals surface area contributed by atoms with Gasteiger partial charge in [0.2, 0.25) is 5.95 Å². The second-order valence-electron chi connectivity index (χ2n) is 5.73. The molecular formula is C15H21N7O. The molecule has 23 heavy (non-hydrogen) atoms. The van der Waals surface area contributed by atoms with Crippen LogP contribution in [0.15, 0.2) is 24.5 Å². The average molecular weight is 315 g/mol. The number of hydrogen-bond acceptors (Lipinski definition) is 6. The summed E-state index contributed by atoms with van der Waals surface area (Å²) in [7, 11) is 5.69. The number of hydrogen-bond donors (Lipinski definition) is 0. The highest BCUT2D eigenvalue weighted by Crippen LogP contribution is 2.16. The van der Waals surface area contributed by atoms with Gasteiger partial charge in [-0.3, -0.25) is 9.48 Å². The molecule has 2 aromatic rings. The first-order valence-electron chi connectivity index (χ1n) is 7.59. The first kappa shape index (κ1) is 15.3. The molecule has 122 valence electrons. The van der Waals surface area contributed by atoms with Crippen LogP contribution in [0.25, 0.3) is 0 Å². The molecule has 0 aromatic carbocycles. The molecule has 1 saturated heterocycles. The van der Waals surface area contributed by atoms with Gasteiger partial charge in [-0.1, -0.05) is 0 Å². The fourth-order valence-corrected chi connectivity index (χ4v) is 2.60. The molecule has 0 radical (unpaired) electrons. The first-order valence-corrected chi connectivity index (χ1v) is 7.59. The Bertz CT molecular complexity index is 689. The number of aromatic nitrogens is 4. The van der Waals surface area contributed by atoms with Crippen molar-refractivity contribution in [3.8, 4) is 0 Å². The number of carbonyl (C=O) groups excluding carboxylic acids is 1. The van der Waals surface area contributed by atoms with Crippen molar-refractivity contribution in [2.45, 2.75) is 0 Å². The summed E-state index contributed by atoms with van der Waals surface area (Å²) >= 11 is 0. The molecule has 0 unspecified atom stereocenters. The van der Waals surface area contributed by atoms with Gasteiger partial charge in [-0.2, -0.15) is 10.1 Å². The van der Waals surface area contributed by atoms with Crippen molar-refractivity contribution in [1.29, 1.82) is 0 Å². The summed E-state index contributed by atoms with van der Waals surface area (Å²) in [6.07, 6.45) is 3.41. The third kappa shape index (κ3) is 3.10. The van der Waals surface area contributed by atoms with E-state index in [-0.39, 0.29) is 5.91 Å². The molecule has 2 aromatic heterocycles. The second-order valence-corrected chi connectivity index (χ2v) is 5.73. The Morgan fingerprint density at radius 1 is 1.13 bits per heavy atom. The Kier molecular flexibility index (Phi) is 4.14. The van der Waals surface area contributed by atoms with Gasteiger partial charge < -0.3 is 14.7 Å². The van der Waals surface area contributed by atoms with Gasteiger partial charge in [-0.25, -0.2) is 4.98 Å². The van der Waals surface area contributed by atoms with Gasteiger partial charge in [-0.05, 0) is 12.1 Å². The Hall–Kier alpha value is -2.64. The lowest BCUT2D eigenvalue weighted by atomic mass is 10.3. The van der Waals surface area contributed by atoms with Crippen molar-refractivity contribution in [2.24, 2.45) is 7.05 Å². The van der Waals surface area contributed by atoms with Gasteiger partial charge in [0.05, 0.1) is 0 Å². The molecule has 0 spiro atoms. The second kappa shape index (κ2) is 6.23. The normalized spacial score (nSPS) is 14.9. The lowest BCUT2D eigenvalue weighted by Crippen LogP contribution is -2.49. The van der Waals surface area contributed by atoms with Gasteiger partial charge in [0.25, 0.3) is 5.91 Å². The van der Waals surface area contributed by atoms with E-state index in [9.17, 15) is 4.79 Å². The minimum Gasteiger partial charge on any atom is -0.363 e. The smallest absolute Gasteiger partial charge is 0.272 e. The van der Waals surface area contributed by atoms with Crippen LogP contribution in [-0.4, -0.2) is 70.8 Å². The fourth-order valence-electron chi connectivity index (χ4n) is 2.60. The van der Waals surface area contributed by atoms with E-state index in [4.69, 9.17) is 0 Å².